The molecule has 2 aromatic rings. The summed E-state index contributed by atoms with van der Waals surface area (Å²) in [5.74, 6) is -0.142. The number of likely N-dealkylation sites (tertiary alicyclic amines) is 1. The number of hydrogen-bond donors (Lipinski definition) is 3. The number of benzene rings is 1. The van der Waals surface area contributed by atoms with Crippen molar-refractivity contribution >= 4 is 22.5 Å². The molecule has 0 atom stereocenters. The minimum Gasteiger partial charge on any atom is -0.388 e. The summed E-state index contributed by atoms with van der Waals surface area (Å²) in [5, 5.41) is 26.2. The SMILES string of the molecule is CNc1c(C)cc(C(=O)N(C)CC2(O)CCN(CC3(O)CCOCC3)CC2)c2ncccc12. The predicted octanol–water partition coefficient (Wildman–Crippen LogP) is 2.03. The Morgan fingerprint density at radius 2 is 1.91 bits per heavy atom. The minimum atomic E-state index is -0.942. The zero-order valence-electron chi connectivity index (χ0n) is 19.9. The summed E-state index contributed by atoms with van der Waals surface area (Å²) in [5.41, 5.74) is 1.51. The van der Waals surface area contributed by atoms with E-state index in [2.05, 4.69) is 15.2 Å². The number of piperidine rings is 1. The van der Waals surface area contributed by atoms with Gasteiger partial charge in [0.2, 0.25) is 0 Å². The Morgan fingerprint density at radius 3 is 2.58 bits per heavy atom. The van der Waals surface area contributed by atoms with Crippen LogP contribution in [0.4, 0.5) is 5.69 Å². The highest BCUT2D eigenvalue weighted by molar-refractivity contribution is 6.09. The third kappa shape index (κ3) is 5.14. The number of fused-ring (bicyclic) bond motifs is 1. The van der Waals surface area contributed by atoms with Crippen LogP contribution in [0, 0.1) is 6.92 Å². The molecule has 2 aliphatic heterocycles. The standard InChI is InChI=1S/C25H36N4O4/c1-18-15-20(22-19(21(18)26-2)5-4-10-27-22)23(30)28(3)16-24(31)6-11-29(12-7-24)17-25(32)8-13-33-14-9-25/h4-5,10,15,26,31-32H,6-9,11-14,16-17H2,1-3H3. The zero-order valence-corrected chi connectivity index (χ0v) is 19.9. The van der Waals surface area contributed by atoms with E-state index in [4.69, 9.17) is 4.74 Å². The van der Waals surface area contributed by atoms with Gasteiger partial charge in [0.05, 0.1) is 22.3 Å². The number of ether oxygens (including phenoxy) is 1. The summed E-state index contributed by atoms with van der Waals surface area (Å²) in [6.45, 7) is 5.43. The van der Waals surface area contributed by atoms with Gasteiger partial charge in [-0.2, -0.15) is 0 Å². The average Bonchev–Trinajstić information content (AvgIpc) is 2.80. The number of anilines is 1. The number of carbonyl (C=O) groups is 1. The molecule has 2 aliphatic rings. The van der Waals surface area contributed by atoms with Gasteiger partial charge in [-0.1, -0.05) is 0 Å². The third-order valence-corrected chi connectivity index (χ3v) is 7.17. The molecule has 1 aromatic carbocycles. The minimum absolute atomic E-state index is 0.142. The second-order valence-corrected chi connectivity index (χ2v) is 9.76. The van der Waals surface area contributed by atoms with Crippen molar-refractivity contribution in [2.75, 3.05) is 58.8 Å². The van der Waals surface area contributed by atoms with Gasteiger partial charge in [0.25, 0.3) is 5.91 Å². The first-order chi connectivity index (χ1) is 15.7. The van der Waals surface area contributed by atoms with E-state index in [0.29, 0.717) is 69.6 Å². The highest BCUT2D eigenvalue weighted by Crippen LogP contribution is 2.31. The van der Waals surface area contributed by atoms with Crippen LogP contribution in [0.5, 0.6) is 0 Å². The Kier molecular flexibility index (Phi) is 6.91. The molecule has 0 spiro atoms. The van der Waals surface area contributed by atoms with Crippen LogP contribution in [0.15, 0.2) is 24.4 Å². The second-order valence-electron chi connectivity index (χ2n) is 9.76. The molecular formula is C25H36N4O4. The van der Waals surface area contributed by atoms with Crippen molar-refractivity contribution in [3.63, 3.8) is 0 Å². The lowest BCUT2D eigenvalue weighted by Crippen LogP contribution is -2.54. The fourth-order valence-corrected chi connectivity index (χ4v) is 5.22. The molecule has 0 bridgehead atoms. The van der Waals surface area contributed by atoms with E-state index >= 15 is 0 Å². The van der Waals surface area contributed by atoms with E-state index in [1.807, 2.05) is 32.2 Å². The van der Waals surface area contributed by atoms with Gasteiger partial charge in [-0.3, -0.25) is 9.78 Å². The first-order valence-corrected chi connectivity index (χ1v) is 11.8. The molecule has 0 radical (unpaired) electrons. The molecule has 0 aliphatic carbocycles. The summed E-state index contributed by atoms with van der Waals surface area (Å²) < 4.78 is 5.37. The van der Waals surface area contributed by atoms with Gasteiger partial charge in [0.15, 0.2) is 0 Å². The number of aromatic nitrogens is 1. The largest absolute Gasteiger partial charge is 0.388 e. The van der Waals surface area contributed by atoms with Crippen molar-refractivity contribution in [2.45, 2.75) is 43.8 Å². The van der Waals surface area contributed by atoms with Crippen LogP contribution in [0.3, 0.4) is 0 Å². The lowest BCUT2D eigenvalue weighted by molar-refractivity contribution is -0.0962. The van der Waals surface area contributed by atoms with Gasteiger partial charge < -0.3 is 30.1 Å². The van der Waals surface area contributed by atoms with Crippen LogP contribution in [-0.4, -0.2) is 95.6 Å². The Balaban J connectivity index is 1.42. The van der Waals surface area contributed by atoms with Crippen LogP contribution in [-0.2, 0) is 4.74 Å². The fraction of sp³-hybridized carbons (Fsp3) is 0.600. The fourth-order valence-electron chi connectivity index (χ4n) is 5.22. The number of nitrogens with zero attached hydrogens (tertiary/aromatic N) is 3. The van der Waals surface area contributed by atoms with Crippen molar-refractivity contribution in [3.8, 4) is 0 Å². The van der Waals surface area contributed by atoms with Gasteiger partial charge >= 0.3 is 0 Å². The molecule has 180 valence electrons. The molecule has 0 unspecified atom stereocenters. The third-order valence-electron chi connectivity index (χ3n) is 7.17. The second kappa shape index (κ2) is 9.54. The van der Waals surface area contributed by atoms with Gasteiger partial charge in [-0.25, -0.2) is 0 Å². The van der Waals surface area contributed by atoms with E-state index in [1.165, 1.54) is 0 Å². The Labute approximate surface area is 195 Å². The normalized spacial score (nSPS) is 20.5. The number of nitrogens with one attached hydrogen (secondary N) is 1. The van der Waals surface area contributed by atoms with Crippen LogP contribution in [0.25, 0.3) is 10.9 Å². The molecule has 33 heavy (non-hydrogen) atoms. The Hall–Kier alpha value is -2.26. The maximum absolute atomic E-state index is 13.4. The van der Waals surface area contributed by atoms with Crippen molar-refractivity contribution in [1.29, 1.82) is 0 Å². The van der Waals surface area contributed by atoms with Gasteiger partial charge in [0, 0.05) is 83.6 Å². The number of pyridine rings is 1. The highest BCUT2D eigenvalue weighted by Gasteiger charge is 2.38. The topological polar surface area (TPSA) is 98.2 Å². The summed E-state index contributed by atoms with van der Waals surface area (Å²) in [7, 11) is 3.61. The smallest absolute Gasteiger partial charge is 0.255 e. The van der Waals surface area contributed by atoms with Crippen LogP contribution < -0.4 is 5.32 Å². The first-order valence-electron chi connectivity index (χ1n) is 11.8. The summed E-state index contributed by atoms with van der Waals surface area (Å²) >= 11 is 0. The lowest BCUT2D eigenvalue weighted by Gasteiger charge is -2.43. The maximum Gasteiger partial charge on any atom is 0.255 e. The number of aliphatic hydroxyl groups is 2. The van der Waals surface area contributed by atoms with Crippen LogP contribution in [0.2, 0.25) is 0 Å². The predicted molar refractivity (Wildman–Crippen MR) is 129 cm³/mol. The van der Waals surface area contributed by atoms with Gasteiger partial charge in [0.1, 0.15) is 0 Å². The zero-order chi connectivity index (χ0) is 23.6. The molecule has 2 saturated heterocycles. The van der Waals surface area contributed by atoms with E-state index < -0.39 is 11.2 Å². The van der Waals surface area contributed by atoms with E-state index in [-0.39, 0.29) is 12.5 Å². The summed E-state index contributed by atoms with van der Waals surface area (Å²) in [6, 6.07) is 5.71. The van der Waals surface area contributed by atoms with Gasteiger partial charge in [-0.05, 0) is 43.5 Å². The number of rotatable bonds is 6. The number of hydrogen-bond acceptors (Lipinski definition) is 7. The quantitative estimate of drug-likeness (QED) is 0.612. The van der Waals surface area contributed by atoms with Crippen molar-refractivity contribution in [2.24, 2.45) is 0 Å². The number of aryl methyl sites for hydroxylation is 1. The molecule has 1 amide bonds. The molecule has 1 aromatic heterocycles. The highest BCUT2D eigenvalue weighted by atomic mass is 16.5. The van der Waals surface area contributed by atoms with E-state index in [0.717, 1.165) is 16.6 Å². The van der Waals surface area contributed by atoms with Crippen LogP contribution in [0.1, 0.15) is 41.6 Å². The Bertz CT molecular complexity index is 997. The van der Waals surface area contributed by atoms with E-state index in [9.17, 15) is 15.0 Å². The molecular weight excluding hydrogens is 420 g/mol. The number of β-amino-alcohol motifs (C(OH)–C–C–N with tert-alkyl or cyclic N) is 1. The van der Waals surface area contributed by atoms with Crippen molar-refractivity contribution in [1.82, 2.24) is 14.8 Å². The van der Waals surface area contributed by atoms with Crippen LogP contribution >= 0.6 is 0 Å². The average molecular weight is 457 g/mol. The van der Waals surface area contributed by atoms with E-state index in [1.54, 1.807) is 18.1 Å². The molecule has 2 fully saturated rings. The maximum atomic E-state index is 13.4. The molecule has 0 saturated carbocycles. The first kappa shape index (κ1) is 23.9. The van der Waals surface area contributed by atoms with Crippen molar-refractivity contribution < 1.29 is 19.7 Å². The molecule has 3 heterocycles. The molecule has 8 heteroatoms. The number of amides is 1. The summed E-state index contributed by atoms with van der Waals surface area (Å²) in [4.78, 5) is 21.7. The molecule has 4 rings (SSSR count). The lowest BCUT2D eigenvalue weighted by atomic mass is 9.88. The monoisotopic (exact) mass is 456 g/mol. The Morgan fingerprint density at radius 1 is 1.21 bits per heavy atom. The summed E-state index contributed by atoms with van der Waals surface area (Å²) in [6.07, 6.45) is 4.13. The number of likely N-dealkylation sites (N-methyl/N-ethyl adjacent to an activating group) is 1. The molecule has 8 nitrogen and oxygen atoms in total. The molecule has 3 N–H and O–H groups in total. The van der Waals surface area contributed by atoms with Crippen molar-refractivity contribution in [3.05, 3.63) is 35.5 Å². The van der Waals surface area contributed by atoms with Gasteiger partial charge in [-0.15, -0.1) is 0 Å². The number of carbonyl (C=O) groups excluding carboxylic acids is 1.